The molecular formula is C20H24O7S. The molecule has 3 rings (SSSR count). The molecule has 2 aromatic carbocycles. The molecule has 0 spiro atoms. The normalized spacial score (nSPS) is 16.2. The molecule has 0 bridgehead atoms. The Labute approximate surface area is 164 Å². The first kappa shape index (κ1) is 20.6. The minimum Gasteiger partial charge on any atom is -0.490 e. The van der Waals surface area contributed by atoms with E-state index in [9.17, 15) is 23.2 Å². The minimum atomic E-state index is -4.33. The molecule has 0 saturated carbocycles. The van der Waals surface area contributed by atoms with E-state index in [1.807, 2.05) is 24.3 Å². The molecule has 2 unspecified atom stereocenters. The molecular weight excluding hydrogens is 384 g/mol. The van der Waals surface area contributed by atoms with Crippen LogP contribution in [0.3, 0.4) is 0 Å². The summed E-state index contributed by atoms with van der Waals surface area (Å²) in [6, 6.07) is 7.37. The summed E-state index contributed by atoms with van der Waals surface area (Å²) in [6.07, 6.45) is 0.267. The van der Waals surface area contributed by atoms with Crippen LogP contribution < -0.4 is 9.47 Å². The Kier molecular flexibility index (Phi) is 5.95. The molecule has 0 amide bonds. The van der Waals surface area contributed by atoms with Crippen LogP contribution in [0.2, 0.25) is 0 Å². The molecule has 7 nitrogen and oxygen atoms in total. The third-order valence-corrected chi connectivity index (χ3v) is 5.46. The summed E-state index contributed by atoms with van der Waals surface area (Å²) in [6.45, 7) is 3.33. The molecule has 1 aliphatic carbocycles. The van der Waals surface area contributed by atoms with Crippen LogP contribution in [-0.4, -0.2) is 48.6 Å². The topological polar surface area (TPSA) is 113 Å². The van der Waals surface area contributed by atoms with Crippen molar-refractivity contribution in [3.63, 3.8) is 0 Å². The van der Waals surface area contributed by atoms with Gasteiger partial charge in [-0.3, -0.25) is 4.55 Å². The van der Waals surface area contributed by atoms with Crippen molar-refractivity contribution in [3.05, 3.63) is 46.4 Å². The summed E-state index contributed by atoms with van der Waals surface area (Å²) in [5.74, 6) is 1.02. The average molecular weight is 408 g/mol. The molecule has 0 radical (unpaired) electrons. The van der Waals surface area contributed by atoms with Crippen LogP contribution in [0.4, 0.5) is 0 Å². The number of hydrogen-bond acceptors (Lipinski definition) is 6. The quantitative estimate of drug-likeness (QED) is 0.602. The van der Waals surface area contributed by atoms with E-state index < -0.39 is 22.3 Å². The van der Waals surface area contributed by atoms with E-state index >= 15 is 0 Å². The first-order chi connectivity index (χ1) is 13.2. The summed E-state index contributed by atoms with van der Waals surface area (Å²) < 4.78 is 44.6. The van der Waals surface area contributed by atoms with Crippen LogP contribution in [0.5, 0.6) is 11.5 Å². The Morgan fingerprint density at radius 3 is 1.93 bits per heavy atom. The monoisotopic (exact) mass is 408 g/mol. The lowest BCUT2D eigenvalue weighted by molar-refractivity contribution is 0.121. The predicted molar refractivity (Wildman–Crippen MR) is 105 cm³/mol. The largest absolute Gasteiger partial charge is 0.490 e. The molecule has 1 aliphatic rings. The molecule has 0 fully saturated rings. The van der Waals surface area contributed by atoms with Crippen LogP contribution in [0.15, 0.2) is 35.2 Å². The van der Waals surface area contributed by atoms with Gasteiger partial charge in [-0.25, -0.2) is 0 Å². The summed E-state index contributed by atoms with van der Waals surface area (Å²) in [7, 11) is -4.33. The molecule has 2 aromatic rings. The van der Waals surface area contributed by atoms with Gasteiger partial charge >= 0.3 is 0 Å². The van der Waals surface area contributed by atoms with Crippen molar-refractivity contribution in [2.45, 2.75) is 38.9 Å². The van der Waals surface area contributed by atoms with Gasteiger partial charge in [0.2, 0.25) is 0 Å². The fourth-order valence-electron chi connectivity index (χ4n) is 3.28. The van der Waals surface area contributed by atoms with Crippen LogP contribution in [0.25, 0.3) is 10.8 Å². The number of ether oxygens (including phenoxy) is 2. The molecule has 0 aliphatic heterocycles. The summed E-state index contributed by atoms with van der Waals surface area (Å²) in [5.41, 5.74) is 1.34. The van der Waals surface area contributed by atoms with Gasteiger partial charge in [0.15, 0.2) is 0 Å². The van der Waals surface area contributed by atoms with Gasteiger partial charge in [0.05, 0.1) is 17.1 Å². The number of benzene rings is 2. The fraction of sp³-hybridized carbons (Fsp3) is 0.400. The second kappa shape index (κ2) is 8.08. The van der Waals surface area contributed by atoms with E-state index in [0.717, 1.165) is 10.9 Å². The van der Waals surface area contributed by atoms with Crippen molar-refractivity contribution in [2.24, 2.45) is 0 Å². The Morgan fingerprint density at radius 1 is 0.964 bits per heavy atom. The van der Waals surface area contributed by atoms with Crippen LogP contribution >= 0.6 is 0 Å². The highest BCUT2D eigenvalue weighted by atomic mass is 32.2. The zero-order valence-electron chi connectivity index (χ0n) is 15.8. The maximum Gasteiger partial charge on any atom is 0.290 e. The molecule has 0 heterocycles. The SMILES string of the molecule is CC(O)COc1c2c(c(OCC(C)O)c3ccccc13)CC(S(=O)(=O)O)=CC2. The van der Waals surface area contributed by atoms with Gasteiger partial charge in [0.25, 0.3) is 10.1 Å². The van der Waals surface area contributed by atoms with Crippen molar-refractivity contribution < 1.29 is 32.7 Å². The highest BCUT2D eigenvalue weighted by molar-refractivity contribution is 7.89. The molecule has 0 aromatic heterocycles. The molecule has 0 saturated heterocycles. The first-order valence-corrected chi connectivity index (χ1v) is 10.5. The van der Waals surface area contributed by atoms with Gasteiger partial charge < -0.3 is 19.7 Å². The van der Waals surface area contributed by atoms with Gasteiger partial charge in [-0.1, -0.05) is 30.3 Å². The summed E-state index contributed by atoms with van der Waals surface area (Å²) in [4.78, 5) is -0.0985. The predicted octanol–water partition coefficient (Wildman–Crippen LogP) is 2.23. The Hall–Kier alpha value is -2.13. The number of fused-ring (bicyclic) bond motifs is 2. The van der Waals surface area contributed by atoms with Crippen molar-refractivity contribution in [1.82, 2.24) is 0 Å². The Morgan fingerprint density at radius 2 is 1.46 bits per heavy atom. The zero-order chi connectivity index (χ0) is 20.5. The highest BCUT2D eigenvalue weighted by Gasteiger charge is 2.28. The van der Waals surface area contributed by atoms with Crippen molar-refractivity contribution in [1.29, 1.82) is 0 Å². The van der Waals surface area contributed by atoms with Gasteiger partial charge in [-0.2, -0.15) is 8.42 Å². The number of allylic oxidation sites excluding steroid dienone is 2. The van der Waals surface area contributed by atoms with E-state index in [-0.39, 0.29) is 31.0 Å². The number of rotatable bonds is 7. The van der Waals surface area contributed by atoms with Crippen molar-refractivity contribution >= 4 is 20.9 Å². The lowest BCUT2D eigenvalue weighted by atomic mass is 9.90. The first-order valence-electron chi connectivity index (χ1n) is 9.03. The zero-order valence-corrected chi connectivity index (χ0v) is 16.6. The van der Waals surface area contributed by atoms with E-state index in [0.29, 0.717) is 22.4 Å². The van der Waals surface area contributed by atoms with Crippen molar-refractivity contribution in [2.75, 3.05) is 13.2 Å². The van der Waals surface area contributed by atoms with Gasteiger partial charge in [-0.15, -0.1) is 0 Å². The van der Waals surface area contributed by atoms with Crippen LogP contribution in [0, 0.1) is 0 Å². The van der Waals surface area contributed by atoms with Crippen LogP contribution in [0.1, 0.15) is 25.0 Å². The maximum atomic E-state index is 11.7. The molecule has 8 heteroatoms. The smallest absolute Gasteiger partial charge is 0.290 e. The van der Waals surface area contributed by atoms with Gasteiger partial charge in [0, 0.05) is 28.3 Å². The Bertz CT molecular complexity index is 1010. The fourth-order valence-corrected chi connectivity index (χ4v) is 3.90. The second-order valence-corrected chi connectivity index (χ2v) is 8.48. The third-order valence-electron chi connectivity index (χ3n) is 4.48. The molecule has 2 atom stereocenters. The average Bonchev–Trinajstić information content (AvgIpc) is 2.62. The van der Waals surface area contributed by atoms with Crippen LogP contribution in [-0.2, 0) is 23.0 Å². The lowest BCUT2D eigenvalue weighted by Gasteiger charge is -2.25. The molecule has 152 valence electrons. The number of aliphatic hydroxyl groups excluding tert-OH is 2. The maximum absolute atomic E-state index is 11.7. The van der Waals surface area contributed by atoms with E-state index in [1.165, 1.54) is 6.08 Å². The minimum absolute atomic E-state index is 0.0369. The number of aliphatic hydroxyl groups is 2. The molecule has 28 heavy (non-hydrogen) atoms. The summed E-state index contributed by atoms with van der Waals surface area (Å²) in [5, 5.41) is 20.8. The number of hydrogen-bond donors (Lipinski definition) is 3. The second-order valence-electron chi connectivity index (χ2n) is 7.01. The highest BCUT2D eigenvalue weighted by Crippen LogP contribution is 2.44. The van der Waals surface area contributed by atoms with Crippen molar-refractivity contribution in [3.8, 4) is 11.5 Å². The third kappa shape index (κ3) is 4.30. The van der Waals surface area contributed by atoms with E-state index in [2.05, 4.69) is 0 Å². The molecule has 3 N–H and O–H groups in total. The Balaban J connectivity index is 2.22. The van der Waals surface area contributed by atoms with E-state index in [1.54, 1.807) is 13.8 Å². The van der Waals surface area contributed by atoms with Gasteiger partial charge in [0.1, 0.15) is 24.7 Å². The van der Waals surface area contributed by atoms with E-state index in [4.69, 9.17) is 9.47 Å². The lowest BCUT2D eigenvalue weighted by Crippen LogP contribution is -2.19. The standard InChI is InChI=1S/C20H24O7S/c1-12(21)10-26-19-15-5-3-4-6-16(15)20(27-11-13(2)22)18-9-14(28(23,24)25)7-8-17(18)19/h3-7,12-13,21-22H,8-11H2,1-2H3,(H,23,24,25). The van der Waals surface area contributed by atoms with Gasteiger partial charge in [-0.05, 0) is 20.3 Å². The summed E-state index contributed by atoms with van der Waals surface area (Å²) >= 11 is 0.